The molecular weight excluding hydrogens is 326 g/mol. The van der Waals surface area contributed by atoms with Crippen molar-refractivity contribution in [3.05, 3.63) is 57.5 Å². The zero-order chi connectivity index (χ0) is 16.2. The first kappa shape index (κ1) is 15.7. The maximum atomic E-state index is 9.42. The second-order valence-corrected chi connectivity index (χ2v) is 6.68. The Bertz CT molecular complexity index is 871. The number of benzene rings is 1. The van der Waals surface area contributed by atoms with Crippen LogP contribution in [0.3, 0.4) is 0 Å². The number of phenolic OH excluding ortho intramolecular Hbond substituents is 1. The summed E-state index contributed by atoms with van der Waals surface area (Å²) in [6, 6.07) is 11.2. The number of aromatic hydroxyl groups is 1. The van der Waals surface area contributed by atoms with Gasteiger partial charge in [0.2, 0.25) is 4.80 Å². The summed E-state index contributed by atoms with van der Waals surface area (Å²) in [6.07, 6.45) is 0. The second-order valence-electron chi connectivity index (χ2n) is 4.90. The number of rotatable bonds is 4. The number of hydrogen-bond donors (Lipinski definition) is 1. The van der Waals surface area contributed by atoms with Crippen molar-refractivity contribution < 1.29 is 5.11 Å². The summed E-state index contributed by atoms with van der Waals surface area (Å²) in [5.41, 5.74) is 2.90. The molecule has 1 aromatic carbocycles. The molecule has 0 spiro atoms. The SMILES string of the molecule is CCN=c1scc(-c2cccs2)n1N=C(C)c1ccc(O)cc1. The molecule has 118 valence electrons. The molecule has 0 aliphatic rings. The van der Waals surface area contributed by atoms with Gasteiger partial charge in [0, 0.05) is 11.9 Å². The molecule has 0 saturated carbocycles. The van der Waals surface area contributed by atoms with Crippen molar-refractivity contribution in [2.45, 2.75) is 13.8 Å². The minimum absolute atomic E-state index is 0.255. The van der Waals surface area contributed by atoms with E-state index in [-0.39, 0.29) is 5.75 Å². The topological polar surface area (TPSA) is 49.9 Å². The Morgan fingerprint density at radius 3 is 2.61 bits per heavy atom. The standard InChI is InChI=1S/C17H17N3OS2/c1-3-18-17-20(15(11-23-17)16-5-4-10-22-16)19-12(2)13-6-8-14(21)9-7-13/h4-11,21H,3H2,1-2H3. The molecule has 6 heteroatoms. The zero-order valence-corrected chi connectivity index (χ0v) is 14.6. The van der Waals surface area contributed by atoms with Crippen molar-refractivity contribution in [3.8, 4) is 16.3 Å². The monoisotopic (exact) mass is 343 g/mol. The molecule has 0 saturated heterocycles. The normalized spacial score (nSPS) is 12.8. The van der Waals surface area contributed by atoms with Gasteiger partial charge in [-0.15, -0.1) is 22.7 Å². The van der Waals surface area contributed by atoms with Crippen molar-refractivity contribution in [1.82, 2.24) is 4.68 Å². The quantitative estimate of drug-likeness (QED) is 0.710. The van der Waals surface area contributed by atoms with Gasteiger partial charge in [-0.25, -0.2) is 4.68 Å². The van der Waals surface area contributed by atoms with E-state index in [1.54, 1.807) is 34.8 Å². The van der Waals surface area contributed by atoms with E-state index in [2.05, 4.69) is 21.8 Å². The maximum absolute atomic E-state index is 9.42. The number of phenols is 1. The average molecular weight is 343 g/mol. The van der Waals surface area contributed by atoms with Gasteiger partial charge in [0.1, 0.15) is 5.75 Å². The molecule has 0 aliphatic carbocycles. The van der Waals surface area contributed by atoms with E-state index in [1.807, 2.05) is 36.7 Å². The number of thiophene rings is 1. The molecule has 0 atom stereocenters. The smallest absolute Gasteiger partial charge is 0.206 e. The van der Waals surface area contributed by atoms with Crippen molar-refractivity contribution in [3.63, 3.8) is 0 Å². The van der Waals surface area contributed by atoms with Crippen LogP contribution in [-0.2, 0) is 0 Å². The van der Waals surface area contributed by atoms with E-state index in [0.717, 1.165) is 28.3 Å². The number of nitrogens with zero attached hydrogens (tertiary/aromatic N) is 3. The van der Waals surface area contributed by atoms with Gasteiger partial charge in [-0.1, -0.05) is 6.07 Å². The van der Waals surface area contributed by atoms with E-state index in [0.29, 0.717) is 0 Å². The highest BCUT2D eigenvalue weighted by atomic mass is 32.1. The molecule has 0 bridgehead atoms. The first-order valence-corrected chi connectivity index (χ1v) is 9.05. The number of aromatic nitrogens is 1. The molecule has 0 aliphatic heterocycles. The Labute approximate surface area is 142 Å². The van der Waals surface area contributed by atoms with E-state index < -0.39 is 0 Å². The van der Waals surface area contributed by atoms with Crippen LogP contribution in [0.25, 0.3) is 10.6 Å². The van der Waals surface area contributed by atoms with Gasteiger partial charge in [0.15, 0.2) is 0 Å². The van der Waals surface area contributed by atoms with Gasteiger partial charge < -0.3 is 5.11 Å². The third-order valence-corrected chi connectivity index (χ3v) is 5.03. The summed E-state index contributed by atoms with van der Waals surface area (Å²) >= 11 is 3.28. The van der Waals surface area contributed by atoms with Gasteiger partial charge >= 0.3 is 0 Å². The van der Waals surface area contributed by atoms with Crippen molar-refractivity contribution in [1.29, 1.82) is 0 Å². The third-order valence-electron chi connectivity index (χ3n) is 3.29. The Morgan fingerprint density at radius 2 is 1.96 bits per heavy atom. The lowest BCUT2D eigenvalue weighted by atomic mass is 10.1. The molecule has 23 heavy (non-hydrogen) atoms. The summed E-state index contributed by atoms with van der Waals surface area (Å²) < 4.78 is 1.90. The van der Waals surface area contributed by atoms with Crippen LogP contribution in [0.4, 0.5) is 0 Å². The lowest BCUT2D eigenvalue weighted by Crippen LogP contribution is -2.14. The largest absolute Gasteiger partial charge is 0.508 e. The zero-order valence-electron chi connectivity index (χ0n) is 12.9. The minimum atomic E-state index is 0.255. The summed E-state index contributed by atoms with van der Waals surface area (Å²) in [5, 5.41) is 18.3. The summed E-state index contributed by atoms with van der Waals surface area (Å²) in [6.45, 7) is 4.70. The van der Waals surface area contributed by atoms with Gasteiger partial charge in [0.25, 0.3) is 0 Å². The fraction of sp³-hybridized carbons (Fsp3) is 0.176. The van der Waals surface area contributed by atoms with Crippen LogP contribution in [-0.4, -0.2) is 22.0 Å². The van der Waals surface area contributed by atoms with Crippen LogP contribution in [0, 0.1) is 0 Å². The van der Waals surface area contributed by atoms with E-state index in [1.165, 1.54) is 4.88 Å². The highest BCUT2D eigenvalue weighted by Gasteiger charge is 2.09. The van der Waals surface area contributed by atoms with Crippen molar-refractivity contribution in [2.75, 3.05) is 6.54 Å². The Morgan fingerprint density at radius 1 is 1.17 bits per heavy atom. The first-order chi connectivity index (χ1) is 11.2. The van der Waals surface area contributed by atoms with Gasteiger partial charge in [-0.2, -0.15) is 5.10 Å². The van der Waals surface area contributed by atoms with Crippen LogP contribution in [0.5, 0.6) is 5.75 Å². The third kappa shape index (κ3) is 3.43. The molecule has 3 rings (SSSR count). The molecule has 0 unspecified atom stereocenters. The van der Waals surface area contributed by atoms with Gasteiger partial charge in [-0.3, -0.25) is 4.99 Å². The lowest BCUT2D eigenvalue weighted by molar-refractivity contribution is 0.475. The van der Waals surface area contributed by atoms with Gasteiger partial charge in [-0.05, 0) is 55.1 Å². The Kier molecular flexibility index (Phi) is 4.73. The molecule has 2 aromatic heterocycles. The highest BCUT2D eigenvalue weighted by Crippen LogP contribution is 2.25. The Hall–Kier alpha value is -2.18. The predicted molar refractivity (Wildman–Crippen MR) is 97.4 cm³/mol. The fourth-order valence-electron chi connectivity index (χ4n) is 2.14. The predicted octanol–water partition coefficient (Wildman–Crippen LogP) is 4.18. The molecule has 3 aromatic rings. The van der Waals surface area contributed by atoms with E-state index in [4.69, 9.17) is 5.10 Å². The van der Waals surface area contributed by atoms with E-state index in [9.17, 15) is 5.11 Å². The number of thiazole rings is 1. The average Bonchev–Trinajstić information content (AvgIpc) is 3.19. The van der Waals surface area contributed by atoms with Crippen molar-refractivity contribution >= 4 is 28.4 Å². The van der Waals surface area contributed by atoms with E-state index >= 15 is 0 Å². The van der Waals surface area contributed by atoms with Crippen LogP contribution in [0.15, 0.2) is 57.3 Å². The molecule has 1 N–H and O–H groups in total. The summed E-state index contributed by atoms with van der Waals surface area (Å²) in [5.74, 6) is 0.255. The molecular formula is C17H17N3OS2. The highest BCUT2D eigenvalue weighted by molar-refractivity contribution is 7.14. The van der Waals surface area contributed by atoms with Crippen LogP contribution in [0.1, 0.15) is 19.4 Å². The van der Waals surface area contributed by atoms with Gasteiger partial charge in [0.05, 0.1) is 16.3 Å². The fourth-order valence-corrected chi connectivity index (χ4v) is 3.83. The molecule has 0 amide bonds. The van der Waals surface area contributed by atoms with Crippen molar-refractivity contribution in [2.24, 2.45) is 10.1 Å². The minimum Gasteiger partial charge on any atom is -0.508 e. The molecule has 2 heterocycles. The van der Waals surface area contributed by atoms with Crippen LogP contribution >= 0.6 is 22.7 Å². The summed E-state index contributed by atoms with van der Waals surface area (Å²) in [7, 11) is 0. The number of hydrogen-bond acceptors (Lipinski definition) is 5. The second kappa shape index (κ2) is 6.93. The maximum Gasteiger partial charge on any atom is 0.206 e. The lowest BCUT2D eigenvalue weighted by Gasteiger charge is -2.05. The molecule has 0 fully saturated rings. The van der Waals surface area contributed by atoms with Crippen LogP contribution in [0.2, 0.25) is 0 Å². The molecule has 4 nitrogen and oxygen atoms in total. The first-order valence-electron chi connectivity index (χ1n) is 7.29. The molecule has 0 radical (unpaired) electrons. The summed E-state index contributed by atoms with van der Waals surface area (Å²) in [4.78, 5) is 6.59. The van der Waals surface area contributed by atoms with Crippen LogP contribution < -0.4 is 4.80 Å². The Balaban J connectivity index is 2.10.